The first-order valence-electron chi connectivity index (χ1n) is 7.88. The Labute approximate surface area is 139 Å². The number of rotatable bonds is 3. The molecule has 0 atom stereocenters. The predicted molar refractivity (Wildman–Crippen MR) is 87.5 cm³/mol. The van der Waals surface area contributed by atoms with Crippen LogP contribution in [-0.2, 0) is 6.54 Å². The van der Waals surface area contributed by atoms with Gasteiger partial charge >= 0.3 is 0 Å². The van der Waals surface area contributed by atoms with E-state index in [-0.39, 0.29) is 0 Å². The van der Waals surface area contributed by atoms with E-state index in [9.17, 15) is 0 Å². The lowest BCUT2D eigenvalue weighted by Crippen LogP contribution is -2.32. The van der Waals surface area contributed by atoms with Gasteiger partial charge in [0.1, 0.15) is 5.52 Å². The molecule has 0 saturated carbocycles. The third kappa shape index (κ3) is 3.12. The molecule has 6 heteroatoms. The molecule has 1 aromatic carbocycles. The van der Waals surface area contributed by atoms with Gasteiger partial charge in [0.2, 0.25) is 0 Å². The van der Waals surface area contributed by atoms with Crippen LogP contribution >= 0.6 is 11.6 Å². The number of hydrogen-bond donors (Lipinski definition) is 0. The van der Waals surface area contributed by atoms with Crippen molar-refractivity contribution in [2.75, 3.05) is 13.1 Å². The predicted octanol–water partition coefficient (Wildman–Crippen LogP) is 4.16. The summed E-state index contributed by atoms with van der Waals surface area (Å²) in [7, 11) is 0. The van der Waals surface area contributed by atoms with Gasteiger partial charge in [-0.3, -0.25) is 4.90 Å². The fourth-order valence-corrected chi connectivity index (χ4v) is 3.31. The lowest BCUT2D eigenvalue weighted by atomic mass is 9.97. The molecular weight excluding hydrogens is 314 g/mol. The highest BCUT2D eigenvalue weighted by Crippen LogP contribution is 2.31. The molecule has 120 valence electrons. The van der Waals surface area contributed by atoms with Gasteiger partial charge in [-0.15, -0.1) is 0 Å². The molecule has 0 radical (unpaired) electrons. The van der Waals surface area contributed by atoms with Crippen molar-refractivity contribution in [3.05, 3.63) is 46.6 Å². The average Bonchev–Trinajstić information content (AvgIpc) is 3.14. The first-order chi connectivity index (χ1) is 11.2. The molecule has 5 nitrogen and oxygen atoms in total. The molecule has 1 aliphatic rings. The standard InChI is InChI=1S/C17H18ClN3O2/c1-11-8-14(23-20-11)10-21-6-4-12(5-7-21)17-19-15-9-13(18)2-3-16(15)22-17/h2-3,8-9,12H,4-7,10H2,1H3. The zero-order valence-corrected chi connectivity index (χ0v) is 13.7. The fourth-order valence-electron chi connectivity index (χ4n) is 3.14. The maximum absolute atomic E-state index is 6.01. The van der Waals surface area contributed by atoms with Crippen LogP contribution in [0.3, 0.4) is 0 Å². The quantitative estimate of drug-likeness (QED) is 0.721. The molecule has 1 fully saturated rings. The maximum atomic E-state index is 6.01. The molecule has 1 saturated heterocycles. The second-order valence-corrected chi connectivity index (χ2v) is 6.59. The van der Waals surface area contributed by atoms with Crippen LogP contribution < -0.4 is 0 Å². The summed E-state index contributed by atoms with van der Waals surface area (Å²) in [5.41, 5.74) is 2.58. The highest BCUT2D eigenvalue weighted by molar-refractivity contribution is 6.31. The SMILES string of the molecule is Cc1cc(CN2CCC(c3nc4cc(Cl)ccc4o3)CC2)on1. The number of halogens is 1. The Kier molecular flexibility index (Phi) is 3.83. The highest BCUT2D eigenvalue weighted by atomic mass is 35.5. The van der Waals surface area contributed by atoms with E-state index in [2.05, 4.69) is 15.0 Å². The number of likely N-dealkylation sites (tertiary alicyclic amines) is 1. The molecule has 0 amide bonds. The number of aromatic nitrogens is 2. The number of benzene rings is 1. The minimum atomic E-state index is 0.369. The number of hydrogen-bond acceptors (Lipinski definition) is 5. The zero-order valence-electron chi connectivity index (χ0n) is 13.0. The molecule has 0 bridgehead atoms. The van der Waals surface area contributed by atoms with Crippen LogP contribution in [0.2, 0.25) is 5.02 Å². The Bertz CT molecular complexity index is 818. The van der Waals surface area contributed by atoms with E-state index in [0.29, 0.717) is 10.9 Å². The second-order valence-electron chi connectivity index (χ2n) is 6.15. The van der Waals surface area contributed by atoms with Gasteiger partial charge in [-0.2, -0.15) is 0 Å². The first kappa shape index (κ1) is 14.7. The largest absolute Gasteiger partial charge is 0.440 e. The van der Waals surface area contributed by atoms with Crippen molar-refractivity contribution in [3.63, 3.8) is 0 Å². The van der Waals surface area contributed by atoms with Gasteiger partial charge in [0, 0.05) is 17.0 Å². The summed E-state index contributed by atoms with van der Waals surface area (Å²) in [6, 6.07) is 7.57. The molecule has 0 unspecified atom stereocenters. The van der Waals surface area contributed by atoms with Crippen molar-refractivity contribution in [2.24, 2.45) is 0 Å². The molecule has 1 aliphatic heterocycles. The van der Waals surface area contributed by atoms with E-state index in [1.165, 1.54) is 0 Å². The summed E-state index contributed by atoms with van der Waals surface area (Å²) in [5, 5.41) is 4.63. The molecule has 2 aromatic heterocycles. The van der Waals surface area contributed by atoms with E-state index in [4.69, 9.17) is 20.5 Å². The number of fused-ring (bicyclic) bond motifs is 1. The maximum Gasteiger partial charge on any atom is 0.198 e. The van der Waals surface area contributed by atoms with Gasteiger partial charge < -0.3 is 8.94 Å². The van der Waals surface area contributed by atoms with Crippen molar-refractivity contribution >= 4 is 22.7 Å². The molecule has 0 aliphatic carbocycles. The van der Waals surface area contributed by atoms with Gasteiger partial charge in [-0.05, 0) is 51.1 Å². The van der Waals surface area contributed by atoms with Gasteiger partial charge in [0.25, 0.3) is 0 Å². The summed E-state index contributed by atoms with van der Waals surface area (Å²) in [6.45, 7) is 4.77. The minimum absolute atomic E-state index is 0.369. The molecule has 23 heavy (non-hydrogen) atoms. The highest BCUT2D eigenvalue weighted by Gasteiger charge is 2.25. The Morgan fingerprint density at radius 3 is 2.83 bits per heavy atom. The molecule has 0 N–H and O–H groups in total. The molecular formula is C17H18ClN3O2. The lowest BCUT2D eigenvalue weighted by Gasteiger charge is -2.29. The fraction of sp³-hybridized carbons (Fsp3) is 0.412. The average molecular weight is 332 g/mol. The Morgan fingerprint density at radius 2 is 2.09 bits per heavy atom. The number of aryl methyl sites for hydroxylation is 1. The third-order valence-corrected chi connectivity index (χ3v) is 4.59. The molecule has 3 aromatic rings. The van der Waals surface area contributed by atoms with Crippen LogP contribution in [0, 0.1) is 6.92 Å². The van der Waals surface area contributed by atoms with Crippen molar-refractivity contribution in [2.45, 2.75) is 32.2 Å². The van der Waals surface area contributed by atoms with Crippen LogP contribution in [-0.4, -0.2) is 28.1 Å². The number of oxazole rings is 1. The molecule has 4 rings (SSSR count). The van der Waals surface area contributed by atoms with Crippen molar-refractivity contribution < 1.29 is 8.94 Å². The third-order valence-electron chi connectivity index (χ3n) is 4.36. The zero-order chi connectivity index (χ0) is 15.8. The number of nitrogens with zero attached hydrogens (tertiary/aromatic N) is 3. The van der Waals surface area contributed by atoms with Gasteiger partial charge in [-0.1, -0.05) is 16.8 Å². The monoisotopic (exact) mass is 331 g/mol. The van der Waals surface area contributed by atoms with Crippen molar-refractivity contribution in [1.29, 1.82) is 0 Å². The summed E-state index contributed by atoms with van der Waals surface area (Å²) >= 11 is 6.01. The molecule has 3 heterocycles. The van der Waals surface area contributed by atoms with E-state index in [1.807, 2.05) is 31.2 Å². The van der Waals surface area contributed by atoms with Gasteiger partial charge in [0.05, 0.1) is 12.2 Å². The second kappa shape index (κ2) is 5.98. The van der Waals surface area contributed by atoms with E-state index >= 15 is 0 Å². The first-order valence-corrected chi connectivity index (χ1v) is 8.26. The Balaban J connectivity index is 1.42. The topological polar surface area (TPSA) is 55.3 Å². The van der Waals surface area contributed by atoms with E-state index in [0.717, 1.165) is 60.9 Å². The van der Waals surface area contributed by atoms with Crippen LogP contribution in [0.1, 0.15) is 36.1 Å². The summed E-state index contributed by atoms with van der Waals surface area (Å²) in [6.07, 6.45) is 2.07. The normalized spacial score (nSPS) is 17.1. The van der Waals surface area contributed by atoms with Gasteiger partial charge in [0.15, 0.2) is 17.2 Å². The minimum Gasteiger partial charge on any atom is -0.440 e. The van der Waals surface area contributed by atoms with E-state index in [1.54, 1.807) is 0 Å². The summed E-state index contributed by atoms with van der Waals surface area (Å²) in [5.74, 6) is 2.13. The molecule has 0 spiro atoms. The van der Waals surface area contributed by atoms with Crippen molar-refractivity contribution in [1.82, 2.24) is 15.0 Å². The van der Waals surface area contributed by atoms with Crippen LogP contribution in [0.5, 0.6) is 0 Å². The van der Waals surface area contributed by atoms with Crippen molar-refractivity contribution in [3.8, 4) is 0 Å². The summed E-state index contributed by atoms with van der Waals surface area (Å²) in [4.78, 5) is 7.00. The van der Waals surface area contributed by atoms with Crippen LogP contribution in [0.4, 0.5) is 0 Å². The number of piperidine rings is 1. The van der Waals surface area contributed by atoms with E-state index < -0.39 is 0 Å². The Hall–Kier alpha value is -1.85. The lowest BCUT2D eigenvalue weighted by molar-refractivity contribution is 0.176. The smallest absolute Gasteiger partial charge is 0.198 e. The van der Waals surface area contributed by atoms with Crippen LogP contribution in [0.15, 0.2) is 33.2 Å². The van der Waals surface area contributed by atoms with Gasteiger partial charge in [-0.25, -0.2) is 4.98 Å². The summed E-state index contributed by atoms with van der Waals surface area (Å²) < 4.78 is 11.2. The van der Waals surface area contributed by atoms with Crippen LogP contribution in [0.25, 0.3) is 11.1 Å². The Morgan fingerprint density at radius 1 is 1.26 bits per heavy atom.